The van der Waals surface area contributed by atoms with E-state index in [2.05, 4.69) is 19.2 Å². The molecule has 0 spiro atoms. The predicted octanol–water partition coefficient (Wildman–Crippen LogP) is 4.19. The maximum absolute atomic E-state index is 12.5. The lowest BCUT2D eigenvalue weighted by Crippen LogP contribution is -2.31. The Bertz CT molecular complexity index is 812. The van der Waals surface area contributed by atoms with Crippen molar-refractivity contribution in [3.63, 3.8) is 0 Å². The lowest BCUT2D eigenvalue weighted by molar-refractivity contribution is 0.0857. The third-order valence-corrected chi connectivity index (χ3v) is 5.01. The number of nitrogens with one attached hydrogen (secondary N) is 1. The molecule has 1 heterocycles. The molecule has 0 aliphatic carbocycles. The summed E-state index contributed by atoms with van der Waals surface area (Å²) in [4.78, 5) is 12.5. The van der Waals surface area contributed by atoms with Crippen LogP contribution in [0.15, 0.2) is 36.4 Å². The van der Waals surface area contributed by atoms with Crippen molar-refractivity contribution >= 4 is 5.91 Å². The molecule has 1 saturated heterocycles. The average molecular weight is 383 g/mol. The minimum Gasteiger partial charge on any atom is -0.493 e. The SMILES string of the molecule is CCOc1ccc(C(=O)NCC2CCCO2)cc1COc1ccc(C)c(C)c1. The quantitative estimate of drug-likeness (QED) is 0.743. The normalized spacial score (nSPS) is 16.0. The van der Waals surface area contributed by atoms with Crippen molar-refractivity contribution in [2.75, 3.05) is 19.8 Å². The molecule has 2 aromatic carbocycles. The first-order valence-electron chi connectivity index (χ1n) is 9.92. The van der Waals surface area contributed by atoms with Gasteiger partial charge >= 0.3 is 0 Å². The van der Waals surface area contributed by atoms with E-state index in [1.165, 1.54) is 11.1 Å². The van der Waals surface area contributed by atoms with Crippen LogP contribution in [0.2, 0.25) is 0 Å². The molecule has 1 aliphatic rings. The second-order valence-corrected chi connectivity index (χ2v) is 7.14. The first-order chi connectivity index (χ1) is 13.6. The molecule has 0 radical (unpaired) electrons. The molecule has 1 aliphatic heterocycles. The van der Waals surface area contributed by atoms with Crippen molar-refractivity contribution < 1.29 is 19.0 Å². The molecule has 1 unspecified atom stereocenters. The standard InChI is InChI=1S/C23H29NO4/c1-4-26-22-10-8-18(23(25)24-14-21-6-5-11-27-21)13-19(22)15-28-20-9-7-16(2)17(3)12-20/h7-10,12-13,21H,4-6,11,14-15H2,1-3H3,(H,24,25). The molecule has 1 atom stereocenters. The Morgan fingerprint density at radius 1 is 1.14 bits per heavy atom. The van der Waals surface area contributed by atoms with Crippen LogP contribution < -0.4 is 14.8 Å². The van der Waals surface area contributed by atoms with Crippen LogP contribution in [0, 0.1) is 13.8 Å². The highest BCUT2D eigenvalue weighted by Gasteiger charge is 2.17. The Hall–Kier alpha value is -2.53. The smallest absolute Gasteiger partial charge is 0.251 e. The van der Waals surface area contributed by atoms with Crippen LogP contribution in [0.1, 0.15) is 46.8 Å². The summed E-state index contributed by atoms with van der Waals surface area (Å²) in [6, 6.07) is 11.5. The van der Waals surface area contributed by atoms with E-state index < -0.39 is 0 Å². The molecule has 3 rings (SSSR count). The minimum absolute atomic E-state index is 0.106. The lowest BCUT2D eigenvalue weighted by atomic mass is 10.1. The Morgan fingerprint density at radius 3 is 2.71 bits per heavy atom. The molecular weight excluding hydrogens is 354 g/mol. The first kappa shape index (κ1) is 20.2. The van der Waals surface area contributed by atoms with Crippen LogP contribution in [0.3, 0.4) is 0 Å². The maximum atomic E-state index is 12.5. The van der Waals surface area contributed by atoms with Crippen molar-refractivity contribution in [2.24, 2.45) is 0 Å². The molecule has 150 valence electrons. The summed E-state index contributed by atoms with van der Waals surface area (Å²) in [7, 11) is 0. The second-order valence-electron chi connectivity index (χ2n) is 7.14. The van der Waals surface area contributed by atoms with E-state index in [4.69, 9.17) is 14.2 Å². The number of ether oxygens (including phenoxy) is 3. The second kappa shape index (κ2) is 9.60. The summed E-state index contributed by atoms with van der Waals surface area (Å²) in [5.41, 5.74) is 3.86. The molecular formula is C23H29NO4. The van der Waals surface area contributed by atoms with Gasteiger partial charge in [-0.3, -0.25) is 4.79 Å². The van der Waals surface area contributed by atoms with Gasteiger partial charge in [0.1, 0.15) is 18.1 Å². The molecule has 0 bridgehead atoms. The average Bonchev–Trinajstić information content (AvgIpc) is 3.21. The van der Waals surface area contributed by atoms with Gasteiger partial charge in [0.05, 0.1) is 12.7 Å². The van der Waals surface area contributed by atoms with Gasteiger partial charge in [0.25, 0.3) is 5.91 Å². The lowest BCUT2D eigenvalue weighted by Gasteiger charge is -2.15. The van der Waals surface area contributed by atoms with E-state index in [1.807, 2.05) is 37.3 Å². The van der Waals surface area contributed by atoms with Gasteiger partial charge in [0.2, 0.25) is 0 Å². The Kier molecular flexibility index (Phi) is 6.93. The minimum atomic E-state index is -0.106. The summed E-state index contributed by atoms with van der Waals surface area (Å²) >= 11 is 0. The predicted molar refractivity (Wildman–Crippen MR) is 109 cm³/mol. The largest absolute Gasteiger partial charge is 0.493 e. The summed E-state index contributed by atoms with van der Waals surface area (Å²) in [5.74, 6) is 1.44. The van der Waals surface area contributed by atoms with E-state index in [9.17, 15) is 4.79 Å². The molecule has 1 amide bonds. The fourth-order valence-electron chi connectivity index (χ4n) is 3.21. The summed E-state index contributed by atoms with van der Waals surface area (Å²) in [6.07, 6.45) is 2.18. The van der Waals surface area contributed by atoms with E-state index in [0.29, 0.717) is 25.3 Å². The van der Waals surface area contributed by atoms with Gasteiger partial charge in [-0.25, -0.2) is 0 Å². The van der Waals surface area contributed by atoms with Gasteiger partial charge < -0.3 is 19.5 Å². The molecule has 1 N–H and O–H groups in total. The topological polar surface area (TPSA) is 56.8 Å². The van der Waals surface area contributed by atoms with E-state index in [-0.39, 0.29) is 12.0 Å². The molecule has 1 fully saturated rings. The van der Waals surface area contributed by atoms with E-state index in [1.54, 1.807) is 6.07 Å². The van der Waals surface area contributed by atoms with Crippen molar-refractivity contribution in [3.05, 3.63) is 58.7 Å². The van der Waals surface area contributed by atoms with Crippen molar-refractivity contribution in [1.82, 2.24) is 5.32 Å². The van der Waals surface area contributed by atoms with Gasteiger partial charge in [0.15, 0.2) is 0 Å². The van der Waals surface area contributed by atoms with Gasteiger partial charge in [-0.05, 0) is 75.1 Å². The summed E-state index contributed by atoms with van der Waals surface area (Å²) in [6.45, 7) is 8.30. The Balaban J connectivity index is 1.69. The number of carbonyl (C=O) groups excluding carboxylic acids is 1. The third kappa shape index (κ3) is 5.26. The van der Waals surface area contributed by atoms with Crippen LogP contribution >= 0.6 is 0 Å². The number of rotatable bonds is 8. The summed E-state index contributed by atoms with van der Waals surface area (Å²) < 4.78 is 17.2. The zero-order valence-electron chi connectivity index (χ0n) is 16.9. The van der Waals surface area contributed by atoms with Crippen LogP contribution in [-0.4, -0.2) is 31.8 Å². The van der Waals surface area contributed by atoms with Crippen molar-refractivity contribution in [1.29, 1.82) is 0 Å². The van der Waals surface area contributed by atoms with Crippen LogP contribution in [0.4, 0.5) is 0 Å². The fourth-order valence-corrected chi connectivity index (χ4v) is 3.21. The molecule has 0 aromatic heterocycles. The monoisotopic (exact) mass is 383 g/mol. The number of amides is 1. The van der Waals surface area contributed by atoms with E-state index in [0.717, 1.165) is 36.5 Å². The van der Waals surface area contributed by atoms with Gasteiger partial charge in [-0.1, -0.05) is 6.07 Å². The molecule has 0 saturated carbocycles. The molecule has 28 heavy (non-hydrogen) atoms. The van der Waals surface area contributed by atoms with E-state index >= 15 is 0 Å². The number of benzene rings is 2. The number of hydrogen-bond donors (Lipinski definition) is 1. The third-order valence-electron chi connectivity index (χ3n) is 5.01. The van der Waals surface area contributed by atoms with Crippen LogP contribution in [0.25, 0.3) is 0 Å². The van der Waals surface area contributed by atoms with Gasteiger partial charge in [0, 0.05) is 24.3 Å². The van der Waals surface area contributed by atoms with Crippen molar-refractivity contribution in [3.8, 4) is 11.5 Å². The van der Waals surface area contributed by atoms with Crippen molar-refractivity contribution in [2.45, 2.75) is 46.3 Å². The highest BCUT2D eigenvalue weighted by molar-refractivity contribution is 5.94. The fraction of sp³-hybridized carbons (Fsp3) is 0.435. The van der Waals surface area contributed by atoms with Crippen LogP contribution in [-0.2, 0) is 11.3 Å². The first-order valence-corrected chi connectivity index (χ1v) is 9.92. The zero-order chi connectivity index (χ0) is 19.9. The zero-order valence-corrected chi connectivity index (χ0v) is 16.9. The van der Waals surface area contributed by atoms with Gasteiger partial charge in [-0.2, -0.15) is 0 Å². The highest BCUT2D eigenvalue weighted by Crippen LogP contribution is 2.24. The van der Waals surface area contributed by atoms with Crippen LogP contribution in [0.5, 0.6) is 11.5 Å². The maximum Gasteiger partial charge on any atom is 0.251 e. The molecule has 2 aromatic rings. The Morgan fingerprint density at radius 2 is 2.00 bits per heavy atom. The van der Waals surface area contributed by atoms with Gasteiger partial charge in [-0.15, -0.1) is 0 Å². The highest BCUT2D eigenvalue weighted by atomic mass is 16.5. The number of carbonyl (C=O) groups is 1. The Labute approximate surface area is 167 Å². The summed E-state index contributed by atoms with van der Waals surface area (Å²) in [5, 5.41) is 2.96. The molecule has 5 heteroatoms. The number of hydrogen-bond acceptors (Lipinski definition) is 4. The molecule has 5 nitrogen and oxygen atoms in total. The number of aryl methyl sites for hydroxylation is 2.